The normalized spacial score (nSPS) is 16.7. The molecule has 1 unspecified atom stereocenters. The van der Waals surface area contributed by atoms with Gasteiger partial charge >= 0.3 is 0 Å². The smallest absolute Gasteiger partial charge is 0.224 e. The second kappa shape index (κ2) is 8.18. The van der Waals surface area contributed by atoms with Crippen LogP contribution in [0.15, 0.2) is 24.3 Å². The largest absolute Gasteiger partial charge is 0.491 e. The molecule has 1 atom stereocenters. The average Bonchev–Trinajstić information content (AvgIpc) is 3.00. The Morgan fingerprint density at radius 3 is 2.68 bits per heavy atom. The summed E-state index contributed by atoms with van der Waals surface area (Å²) in [6.45, 7) is 4.28. The summed E-state index contributed by atoms with van der Waals surface area (Å²) >= 11 is 0. The van der Waals surface area contributed by atoms with Crippen LogP contribution in [0.1, 0.15) is 45.1 Å². The third kappa shape index (κ3) is 5.02. The number of aliphatic hydroxyl groups excluding tert-OH is 1. The lowest BCUT2D eigenvalue weighted by Crippen LogP contribution is -2.36. The fourth-order valence-corrected chi connectivity index (χ4v) is 2.98. The Hall–Kier alpha value is -1.55. The number of aliphatic hydroxyl groups is 1. The molecule has 4 nitrogen and oxygen atoms in total. The average molecular weight is 305 g/mol. The molecule has 0 aromatic heterocycles. The Labute approximate surface area is 132 Å². The lowest BCUT2D eigenvalue weighted by Gasteiger charge is -2.18. The first kappa shape index (κ1) is 16.8. The summed E-state index contributed by atoms with van der Waals surface area (Å²) in [6.07, 6.45) is 4.46. The van der Waals surface area contributed by atoms with Crippen LogP contribution in [-0.2, 0) is 11.2 Å². The zero-order chi connectivity index (χ0) is 15.9. The Kier molecular flexibility index (Phi) is 6.25. The first-order chi connectivity index (χ1) is 10.6. The summed E-state index contributed by atoms with van der Waals surface area (Å²) in [4.78, 5) is 12.1. The van der Waals surface area contributed by atoms with E-state index in [0.717, 1.165) is 24.2 Å². The van der Waals surface area contributed by atoms with Crippen molar-refractivity contribution in [1.82, 2.24) is 5.32 Å². The van der Waals surface area contributed by atoms with Gasteiger partial charge in [-0.1, -0.05) is 31.0 Å². The van der Waals surface area contributed by atoms with Crippen LogP contribution in [0.4, 0.5) is 0 Å². The zero-order valence-corrected chi connectivity index (χ0v) is 13.5. The van der Waals surface area contributed by atoms with Crippen molar-refractivity contribution in [2.24, 2.45) is 5.92 Å². The van der Waals surface area contributed by atoms with E-state index in [9.17, 15) is 9.90 Å². The Morgan fingerprint density at radius 2 is 2.00 bits per heavy atom. The summed E-state index contributed by atoms with van der Waals surface area (Å²) in [7, 11) is 0. The molecule has 0 bridgehead atoms. The fourth-order valence-electron chi connectivity index (χ4n) is 2.98. The third-order valence-electron chi connectivity index (χ3n) is 4.14. The van der Waals surface area contributed by atoms with Crippen molar-refractivity contribution in [3.05, 3.63) is 29.8 Å². The van der Waals surface area contributed by atoms with E-state index in [4.69, 9.17) is 4.74 Å². The highest BCUT2D eigenvalue weighted by Crippen LogP contribution is 2.27. The molecular formula is C18H27NO3. The Morgan fingerprint density at radius 1 is 1.32 bits per heavy atom. The van der Waals surface area contributed by atoms with Crippen molar-refractivity contribution in [3.8, 4) is 5.75 Å². The number of ether oxygens (including phenoxy) is 1. The van der Waals surface area contributed by atoms with Crippen molar-refractivity contribution in [2.45, 2.75) is 58.2 Å². The van der Waals surface area contributed by atoms with E-state index in [-0.39, 0.29) is 18.4 Å². The highest BCUT2D eigenvalue weighted by atomic mass is 16.5. The van der Waals surface area contributed by atoms with Gasteiger partial charge in [-0.15, -0.1) is 0 Å². The molecule has 4 heteroatoms. The van der Waals surface area contributed by atoms with E-state index in [1.165, 1.54) is 12.8 Å². The van der Waals surface area contributed by atoms with Crippen LogP contribution in [0.5, 0.6) is 5.75 Å². The van der Waals surface area contributed by atoms with E-state index in [1.54, 1.807) is 0 Å². The topological polar surface area (TPSA) is 58.6 Å². The van der Waals surface area contributed by atoms with Gasteiger partial charge in [0.1, 0.15) is 5.75 Å². The number of hydrogen-bond acceptors (Lipinski definition) is 3. The molecular weight excluding hydrogens is 278 g/mol. The SMILES string of the molecule is CC(C)Oc1ccccc1CC(=O)NCC(O)C1CCCC1. The summed E-state index contributed by atoms with van der Waals surface area (Å²) in [5, 5.41) is 12.9. The zero-order valence-electron chi connectivity index (χ0n) is 13.5. The first-order valence-electron chi connectivity index (χ1n) is 8.25. The molecule has 0 radical (unpaired) electrons. The Bertz CT molecular complexity index is 481. The van der Waals surface area contributed by atoms with Crippen LogP contribution in [0.25, 0.3) is 0 Å². The van der Waals surface area contributed by atoms with Crippen LogP contribution >= 0.6 is 0 Å². The minimum Gasteiger partial charge on any atom is -0.491 e. The minimum atomic E-state index is -0.423. The molecule has 1 aliphatic rings. The van der Waals surface area contributed by atoms with Crippen LogP contribution in [-0.4, -0.2) is 29.8 Å². The van der Waals surface area contributed by atoms with E-state index in [1.807, 2.05) is 38.1 Å². The van der Waals surface area contributed by atoms with Gasteiger partial charge in [0.25, 0.3) is 0 Å². The van der Waals surface area contributed by atoms with Crippen LogP contribution in [0.2, 0.25) is 0 Å². The molecule has 2 rings (SSSR count). The predicted molar refractivity (Wildman–Crippen MR) is 86.9 cm³/mol. The van der Waals surface area contributed by atoms with Gasteiger partial charge in [0.15, 0.2) is 0 Å². The van der Waals surface area contributed by atoms with Crippen molar-refractivity contribution >= 4 is 5.91 Å². The minimum absolute atomic E-state index is 0.0724. The molecule has 0 spiro atoms. The van der Waals surface area contributed by atoms with E-state index in [2.05, 4.69) is 5.32 Å². The van der Waals surface area contributed by atoms with Crippen molar-refractivity contribution in [3.63, 3.8) is 0 Å². The number of amides is 1. The molecule has 1 aliphatic carbocycles. The molecule has 1 aromatic carbocycles. The van der Waals surface area contributed by atoms with E-state index in [0.29, 0.717) is 12.5 Å². The number of carbonyl (C=O) groups is 1. The summed E-state index contributed by atoms with van der Waals surface area (Å²) in [6, 6.07) is 7.60. The number of rotatable bonds is 7. The van der Waals surface area contributed by atoms with Gasteiger partial charge in [-0.25, -0.2) is 0 Å². The van der Waals surface area contributed by atoms with Gasteiger partial charge in [0, 0.05) is 12.1 Å². The van der Waals surface area contributed by atoms with Crippen LogP contribution in [0, 0.1) is 5.92 Å². The maximum absolute atomic E-state index is 12.1. The quantitative estimate of drug-likeness (QED) is 0.814. The van der Waals surface area contributed by atoms with E-state index >= 15 is 0 Å². The summed E-state index contributed by atoms with van der Waals surface area (Å²) in [5.41, 5.74) is 0.879. The lowest BCUT2D eigenvalue weighted by molar-refractivity contribution is -0.121. The van der Waals surface area contributed by atoms with Crippen molar-refractivity contribution in [2.75, 3.05) is 6.54 Å². The maximum atomic E-state index is 12.1. The van der Waals surface area contributed by atoms with Crippen LogP contribution in [0.3, 0.4) is 0 Å². The molecule has 1 amide bonds. The van der Waals surface area contributed by atoms with Gasteiger partial charge in [0.2, 0.25) is 5.91 Å². The number of hydrogen-bond donors (Lipinski definition) is 2. The second-order valence-electron chi connectivity index (χ2n) is 6.37. The Balaban J connectivity index is 1.84. The van der Waals surface area contributed by atoms with Gasteiger partial charge in [0.05, 0.1) is 18.6 Å². The molecule has 0 heterocycles. The van der Waals surface area contributed by atoms with Gasteiger partial charge in [-0.2, -0.15) is 0 Å². The molecule has 0 aliphatic heterocycles. The van der Waals surface area contributed by atoms with Crippen molar-refractivity contribution in [1.29, 1.82) is 0 Å². The molecule has 0 saturated heterocycles. The lowest BCUT2D eigenvalue weighted by atomic mass is 10.0. The molecule has 122 valence electrons. The van der Waals surface area contributed by atoms with Gasteiger partial charge in [-0.3, -0.25) is 4.79 Å². The molecule has 22 heavy (non-hydrogen) atoms. The second-order valence-corrected chi connectivity index (χ2v) is 6.37. The number of benzene rings is 1. The molecule has 1 fully saturated rings. The van der Waals surface area contributed by atoms with Gasteiger partial charge in [-0.05, 0) is 38.7 Å². The van der Waals surface area contributed by atoms with Gasteiger partial charge < -0.3 is 15.2 Å². The highest BCUT2D eigenvalue weighted by Gasteiger charge is 2.23. The third-order valence-corrected chi connectivity index (χ3v) is 4.14. The summed E-state index contributed by atoms with van der Waals surface area (Å²) < 4.78 is 5.72. The van der Waals surface area contributed by atoms with Crippen LogP contribution < -0.4 is 10.1 Å². The predicted octanol–water partition coefficient (Wildman–Crippen LogP) is 2.68. The number of carbonyl (C=O) groups excluding carboxylic acids is 1. The number of nitrogens with one attached hydrogen (secondary N) is 1. The maximum Gasteiger partial charge on any atom is 0.224 e. The van der Waals surface area contributed by atoms with E-state index < -0.39 is 6.10 Å². The fraction of sp³-hybridized carbons (Fsp3) is 0.611. The number of para-hydroxylation sites is 1. The first-order valence-corrected chi connectivity index (χ1v) is 8.25. The molecule has 1 saturated carbocycles. The monoisotopic (exact) mass is 305 g/mol. The molecule has 2 N–H and O–H groups in total. The van der Waals surface area contributed by atoms with Crippen molar-refractivity contribution < 1.29 is 14.6 Å². The summed E-state index contributed by atoms with van der Waals surface area (Å²) in [5.74, 6) is 1.03. The standard InChI is InChI=1S/C18H27NO3/c1-13(2)22-17-10-6-5-9-15(17)11-18(21)19-12-16(20)14-7-3-4-8-14/h5-6,9-10,13-14,16,20H,3-4,7-8,11-12H2,1-2H3,(H,19,21). The molecule has 1 aromatic rings. The highest BCUT2D eigenvalue weighted by molar-refractivity contribution is 5.79.